The lowest BCUT2D eigenvalue weighted by molar-refractivity contribution is 0.669. The second-order valence-electron chi connectivity index (χ2n) is 15.2. The van der Waals surface area contributed by atoms with Crippen LogP contribution in [0, 0.1) is 0 Å². The van der Waals surface area contributed by atoms with Gasteiger partial charge in [0.15, 0.2) is 5.58 Å². The fourth-order valence-electron chi connectivity index (χ4n) is 9.21. The lowest BCUT2D eigenvalue weighted by Crippen LogP contribution is -2.11. The van der Waals surface area contributed by atoms with E-state index in [1.54, 1.807) is 0 Å². The van der Waals surface area contributed by atoms with E-state index in [4.69, 9.17) is 8.83 Å². The molecule has 12 rings (SSSR count). The van der Waals surface area contributed by atoms with E-state index in [9.17, 15) is 0 Å². The van der Waals surface area contributed by atoms with Gasteiger partial charge in [0, 0.05) is 38.2 Å². The molecule has 0 saturated heterocycles. The van der Waals surface area contributed by atoms with E-state index >= 15 is 0 Å². The molecule has 10 aromatic carbocycles. The van der Waals surface area contributed by atoms with Gasteiger partial charge in [-0.3, -0.25) is 0 Å². The fraction of sp³-hybridized carbons (Fsp3) is 0. The third kappa shape index (κ3) is 5.29. The van der Waals surface area contributed by atoms with Gasteiger partial charge < -0.3 is 13.7 Å². The first-order valence-corrected chi connectivity index (χ1v) is 20.1. The molecule has 0 unspecified atom stereocenters. The maximum Gasteiger partial charge on any atom is 0.159 e. The highest BCUT2D eigenvalue weighted by Crippen LogP contribution is 2.48. The highest BCUT2D eigenvalue weighted by molar-refractivity contribution is 6.16. The van der Waals surface area contributed by atoms with Crippen LogP contribution in [-0.2, 0) is 0 Å². The van der Waals surface area contributed by atoms with Gasteiger partial charge in [0.25, 0.3) is 0 Å². The molecular formula is C56H35NO2. The van der Waals surface area contributed by atoms with Gasteiger partial charge in [-0.05, 0) is 80.4 Å². The number of nitrogens with zero attached hydrogens (tertiary/aromatic N) is 1. The van der Waals surface area contributed by atoms with Crippen LogP contribution in [0.15, 0.2) is 221 Å². The van der Waals surface area contributed by atoms with Crippen molar-refractivity contribution in [1.82, 2.24) is 0 Å². The van der Waals surface area contributed by atoms with Gasteiger partial charge in [-0.25, -0.2) is 0 Å². The summed E-state index contributed by atoms with van der Waals surface area (Å²) in [4.78, 5) is 2.37. The van der Waals surface area contributed by atoms with Crippen LogP contribution in [0.4, 0.5) is 17.1 Å². The Balaban J connectivity index is 1.09. The minimum atomic E-state index is 0.840. The Morgan fingerprint density at radius 3 is 1.73 bits per heavy atom. The maximum absolute atomic E-state index is 7.07. The first-order chi connectivity index (χ1) is 29.3. The van der Waals surface area contributed by atoms with E-state index in [2.05, 4.69) is 205 Å². The normalized spacial score (nSPS) is 11.7. The van der Waals surface area contributed by atoms with Crippen LogP contribution in [0.2, 0.25) is 0 Å². The van der Waals surface area contributed by atoms with E-state index in [0.29, 0.717) is 0 Å². The van der Waals surface area contributed by atoms with E-state index in [-0.39, 0.29) is 0 Å². The van der Waals surface area contributed by atoms with E-state index in [1.165, 1.54) is 27.3 Å². The molecule has 0 fully saturated rings. The van der Waals surface area contributed by atoms with Gasteiger partial charge in [0.2, 0.25) is 0 Å². The zero-order chi connectivity index (χ0) is 38.9. The quantitative estimate of drug-likeness (QED) is 0.169. The number of rotatable bonds is 6. The summed E-state index contributed by atoms with van der Waals surface area (Å²) in [5.74, 6) is 0. The molecule has 0 bridgehead atoms. The van der Waals surface area contributed by atoms with Crippen LogP contribution in [0.5, 0.6) is 0 Å². The minimum Gasteiger partial charge on any atom is -0.456 e. The van der Waals surface area contributed by atoms with Gasteiger partial charge >= 0.3 is 0 Å². The van der Waals surface area contributed by atoms with E-state index < -0.39 is 0 Å². The summed E-state index contributed by atoms with van der Waals surface area (Å²) in [7, 11) is 0. The standard InChI is InChI=1S/C56H35NO2/c1-2-14-37(15-3-1)42-23-11-25-47-48-26-12-27-51(56(48)59-55(42)47)57(39-32-30-38(31-33-39)41-22-13-29-53-54(41)49-21-8-9-28-52(49)58-53)50-35-34-45(44-19-6-7-20-46(44)50)43-24-10-17-36-16-4-5-18-40(36)43/h1-35H. The topological polar surface area (TPSA) is 29.5 Å². The molecule has 0 aliphatic carbocycles. The highest BCUT2D eigenvalue weighted by Gasteiger charge is 2.23. The maximum atomic E-state index is 7.07. The Morgan fingerprint density at radius 1 is 0.288 bits per heavy atom. The highest BCUT2D eigenvalue weighted by atomic mass is 16.3. The largest absolute Gasteiger partial charge is 0.456 e. The Bertz CT molecular complexity index is 3550. The van der Waals surface area contributed by atoms with E-state index in [0.717, 1.165) is 88.6 Å². The summed E-state index contributed by atoms with van der Waals surface area (Å²) < 4.78 is 13.3. The fourth-order valence-corrected chi connectivity index (χ4v) is 9.21. The second kappa shape index (κ2) is 13.4. The summed E-state index contributed by atoms with van der Waals surface area (Å²) in [5.41, 5.74) is 13.4. The predicted octanol–water partition coefficient (Wildman–Crippen LogP) is 16.3. The molecule has 0 N–H and O–H groups in total. The molecule has 276 valence electrons. The van der Waals surface area contributed by atoms with Crippen molar-refractivity contribution in [2.75, 3.05) is 4.90 Å². The van der Waals surface area contributed by atoms with Gasteiger partial charge in [-0.15, -0.1) is 0 Å². The SMILES string of the molecule is c1ccc(-c2cccc3c2oc2c(N(c4ccc(-c5cccc6oc7ccccc7c56)cc4)c4ccc(-c5cccc6ccccc56)c5ccccc45)cccc23)cc1. The number of hydrogen-bond donors (Lipinski definition) is 0. The molecule has 0 amide bonds. The van der Waals surface area contributed by atoms with Gasteiger partial charge in [0.1, 0.15) is 16.7 Å². The zero-order valence-corrected chi connectivity index (χ0v) is 32.0. The van der Waals surface area contributed by atoms with Crippen molar-refractivity contribution < 1.29 is 8.83 Å². The average Bonchev–Trinajstić information content (AvgIpc) is 3.89. The zero-order valence-electron chi connectivity index (χ0n) is 32.0. The van der Waals surface area contributed by atoms with Crippen molar-refractivity contribution in [3.8, 4) is 33.4 Å². The molecule has 0 atom stereocenters. The first-order valence-electron chi connectivity index (χ1n) is 20.1. The average molecular weight is 754 g/mol. The number of para-hydroxylation sites is 3. The van der Waals surface area contributed by atoms with Gasteiger partial charge in [-0.1, -0.05) is 176 Å². The molecule has 0 radical (unpaired) electrons. The van der Waals surface area contributed by atoms with Crippen molar-refractivity contribution in [2.45, 2.75) is 0 Å². The molecule has 59 heavy (non-hydrogen) atoms. The molecule has 2 heterocycles. The molecule has 0 saturated carbocycles. The van der Waals surface area contributed by atoms with Gasteiger partial charge in [-0.2, -0.15) is 0 Å². The van der Waals surface area contributed by atoms with Crippen molar-refractivity contribution in [2.24, 2.45) is 0 Å². The van der Waals surface area contributed by atoms with Crippen LogP contribution in [0.1, 0.15) is 0 Å². The molecule has 3 heteroatoms. The number of benzene rings is 10. The van der Waals surface area contributed by atoms with Crippen LogP contribution in [0.25, 0.3) is 98.8 Å². The van der Waals surface area contributed by atoms with Gasteiger partial charge in [0.05, 0.1) is 11.4 Å². The minimum absolute atomic E-state index is 0.840. The Kier molecular flexibility index (Phi) is 7.54. The van der Waals surface area contributed by atoms with Crippen molar-refractivity contribution >= 4 is 82.5 Å². The van der Waals surface area contributed by atoms with Crippen LogP contribution >= 0.6 is 0 Å². The Labute approximate surface area is 340 Å². The third-order valence-corrected chi connectivity index (χ3v) is 11.9. The van der Waals surface area contributed by atoms with Crippen LogP contribution in [-0.4, -0.2) is 0 Å². The van der Waals surface area contributed by atoms with Crippen molar-refractivity contribution in [1.29, 1.82) is 0 Å². The smallest absolute Gasteiger partial charge is 0.159 e. The first kappa shape index (κ1) is 33.3. The molecule has 2 aromatic heterocycles. The predicted molar refractivity (Wildman–Crippen MR) is 247 cm³/mol. The van der Waals surface area contributed by atoms with Crippen LogP contribution < -0.4 is 4.90 Å². The number of fused-ring (bicyclic) bond motifs is 8. The van der Waals surface area contributed by atoms with Crippen LogP contribution in [0.3, 0.4) is 0 Å². The van der Waals surface area contributed by atoms with Crippen molar-refractivity contribution in [3.63, 3.8) is 0 Å². The summed E-state index contributed by atoms with van der Waals surface area (Å²) in [6.07, 6.45) is 0. The van der Waals surface area contributed by atoms with Crippen molar-refractivity contribution in [3.05, 3.63) is 212 Å². The summed E-state index contributed by atoms with van der Waals surface area (Å²) >= 11 is 0. The summed E-state index contributed by atoms with van der Waals surface area (Å²) in [6.45, 7) is 0. The lowest BCUT2D eigenvalue weighted by Gasteiger charge is -2.28. The number of furan rings is 2. The molecule has 0 aliphatic heterocycles. The molecule has 12 aromatic rings. The number of hydrogen-bond acceptors (Lipinski definition) is 3. The Hall–Kier alpha value is -7.88. The summed E-state index contributed by atoms with van der Waals surface area (Å²) in [5, 5.41) is 9.21. The monoisotopic (exact) mass is 753 g/mol. The molecule has 3 nitrogen and oxygen atoms in total. The third-order valence-electron chi connectivity index (χ3n) is 11.9. The molecular weight excluding hydrogens is 719 g/mol. The summed E-state index contributed by atoms with van der Waals surface area (Å²) in [6, 6.07) is 75.6. The number of anilines is 3. The lowest BCUT2D eigenvalue weighted by atomic mass is 9.93. The Morgan fingerprint density at radius 2 is 0.864 bits per heavy atom. The molecule has 0 spiro atoms. The molecule has 0 aliphatic rings. The second-order valence-corrected chi connectivity index (χ2v) is 15.2. The van der Waals surface area contributed by atoms with E-state index in [1.807, 2.05) is 12.1 Å².